The van der Waals surface area contributed by atoms with E-state index >= 15 is 0 Å². The lowest BCUT2D eigenvalue weighted by molar-refractivity contribution is -0.385. The molecule has 2 rings (SSSR count). The van der Waals surface area contributed by atoms with Gasteiger partial charge in [-0.2, -0.15) is 0 Å². The smallest absolute Gasteiger partial charge is 0.274 e. The van der Waals surface area contributed by atoms with E-state index in [1.54, 1.807) is 4.72 Å². The number of benzene rings is 2. The van der Waals surface area contributed by atoms with Crippen LogP contribution in [0.3, 0.4) is 0 Å². The van der Waals surface area contributed by atoms with E-state index in [4.69, 9.17) is 11.6 Å². The Morgan fingerprint density at radius 2 is 1.68 bits per heavy atom. The molecule has 2 aromatic carbocycles. The fourth-order valence-corrected chi connectivity index (χ4v) is 3.21. The van der Waals surface area contributed by atoms with E-state index in [1.165, 1.54) is 18.2 Å². The van der Waals surface area contributed by atoms with Crippen LogP contribution in [0, 0.1) is 21.7 Å². The van der Waals surface area contributed by atoms with Crippen LogP contribution >= 0.6 is 11.6 Å². The lowest BCUT2D eigenvalue weighted by atomic mass is 10.2. The maximum atomic E-state index is 13.7. The number of anilines is 1. The van der Waals surface area contributed by atoms with Crippen molar-refractivity contribution in [2.45, 2.75) is 4.90 Å². The van der Waals surface area contributed by atoms with Gasteiger partial charge in [-0.15, -0.1) is 0 Å². The van der Waals surface area contributed by atoms with Crippen molar-refractivity contribution in [3.05, 3.63) is 63.2 Å². The van der Waals surface area contributed by atoms with Crippen LogP contribution in [0.2, 0.25) is 5.02 Å². The molecule has 0 fully saturated rings. The van der Waals surface area contributed by atoms with Gasteiger partial charge < -0.3 is 0 Å². The largest absolute Gasteiger partial charge is 0.275 e. The van der Waals surface area contributed by atoms with Gasteiger partial charge in [0.15, 0.2) is 11.6 Å². The molecule has 0 amide bonds. The summed E-state index contributed by atoms with van der Waals surface area (Å²) in [5, 5.41) is 10.3. The van der Waals surface area contributed by atoms with Crippen LogP contribution in [0.25, 0.3) is 0 Å². The van der Waals surface area contributed by atoms with E-state index in [-0.39, 0.29) is 9.92 Å². The third-order valence-electron chi connectivity index (χ3n) is 2.60. The second-order valence-corrected chi connectivity index (χ2v) is 6.14. The van der Waals surface area contributed by atoms with Crippen molar-refractivity contribution in [1.29, 1.82) is 0 Å². The summed E-state index contributed by atoms with van der Waals surface area (Å²) in [7, 11) is -4.35. The first-order valence-electron chi connectivity index (χ1n) is 5.63. The van der Waals surface area contributed by atoms with Crippen molar-refractivity contribution in [1.82, 2.24) is 0 Å². The Balaban J connectivity index is 2.47. The monoisotopic (exact) mass is 348 g/mol. The van der Waals surface area contributed by atoms with Crippen LogP contribution in [0.1, 0.15) is 0 Å². The minimum absolute atomic E-state index is 0.141. The van der Waals surface area contributed by atoms with E-state index in [2.05, 4.69) is 0 Å². The molecule has 22 heavy (non-hydrogen) atoms. The van der Waals surface area contributed by atoms with Crippen molar-refractivity contribution in [3.8, 4) is 0 Å². The summed E-state index contributed by atoms with van der Waals surface area (Å²) in [6.07, 6.45) is 0. The zero-order valence-corrected chi connectivity index (χ0v) is 12.2. The first-order valence-corrected chi connectivity index (χ1v) is 7.49. The van der Waals surface area contributed by atoms with Crippen molar-refractivity contribution in [3.63, 3.8) is 0 Å². The van der Waals surface area contributed by atoms with Gasteiger partial charge in [0.2, 0.25) is 0 Å². The highest BCUT2D eigenvalue weighted by molar-refractivity contribution is 7.92. The molecule has 0 aliphatic rings. The number of nitrogens with zero attached hydrogens (tertiary/aromatic N) is 1. The molecule has 0 aromatic heterocycles. The summed E-state index contributed by atoms with van der Waals surface area (Å²) in [6.45, 7) is 0. The topological polar surface area (TPSA) is 89.3 Å². The Morgan fingerprint density at radius 3 is 2.18 bits per heavy atom. The van der Waals surface area contributed by atoms with Gasteiger partial charge in [-0.05, 0) is 12.1 Å². The molecular weight excluding hydrogens is 342 g/mol. The van der Waals surface area contributed by atoms with E-state index in [9.17, 15) is 27.3 Å². The number of nitro groups is 1. The van der Waals surface area contributed by atoms with Crippen LogP contribution in [0.4, 0.5) is 20.2 Å². The van der Waals surface area contributed by atoms with E-state index in [1.807, 2.05) is 0 Å². The number of hydrogen-bond acceptors (Lipinski definition) is 4. The molecule has 0 atom stereocenters. The fraction of sp³-hybridized carbons (Fsp3) is 0. The van der Waals surface area contributed by atoms with Gasteiger partial charge in [-0.3, -0.25) is 14.8 Å². The molecule has 1 N–H and O–H groups in total. The van der Waals surface area contributed by atoms with E-state index < -0.39 is 38.0 Å². The second kappa shape index (κ2) is 5.85. The average Bonchev–Trinajstić information content (AvgIpc) is 2.42. The van der Waals surface area contributed by atoms with Gasteiger partial charge in [0.25, 0.3) is 15.7 Å². The van der Waals surface area contributed by atoms with Crippen LogP contribution in [-0.2, 0) is 10.0 Å². The van der Waals surface area contributed by atoms with Crippen LogP contribution in [-0.4, -0.2) is 13.3 Å². The third kappa shape index (κ3) is 3.15. The van der Waals surface area contributed by atoms with Gasteiger partial charge in [-0.25, -0.2) is 17.2 Å². The fourth-order valence-electron chi connectivity index (χ4n) is 1.61. The summed E-state index contributed by atoms with van der Waals surface area (Å²) in [6, 6.07) is 6.11. The molecule has 0 aliphatic carbocycles. The number of nitro benzene ring substituents is 1. The Labute approximate surface area is 128 Å². The zero-order chi connectivity index (χ0) is 16.5. The quantitative estimate of drug-likeness (QED) is 0.678. The van der Waals surface area contributed by atoms with Crippen LogP contribution in [0.5, 0.6) is 0 Å². The SMILES string of the molecule is O=[N+]([O-])c1cc(F)c(NS(=O)(=O)c2ccccc2Cl)c(F)c1. The number of non-ortho nitro benzene ring substituents is 1. The summed E-state index contributed by atoms with van der Waals surface area (Å²) in [4.78, 5) is 9.10. The zero-order valence-electron chi connectivity index (χ0n) is 10.6. The number of sulfonamides is 1. The van der Waals surface area contributed by atoms with Gasteiger partial charge in [0.05, 0.1) is 22.1 Å². The van der Waals surface area contributed by atoms with Crippen molar-refractivity contribution in [2.75, 3.05) is 4.72 Å². The number of halogens is 3. The predicted molar refractivity (Wildman–Crippen MR) is 75.3 cm³/mol. The van der Waals surface area contributed by atoms with Gasteiger partial charge in [0.1, 0.15) is 10.6 Å². The first kappa shape index (κ1) is 16.1. The van der Waals surface area contributed by atoms with Crippen LogP contribution < -0.4 is 4.72 Å². The molecule has 116 valence electrons. The molecule has 0 bridgehead atoms. The standard InChI is InChI=1S/C12H7ClF2N2O4S/c13-8-3-1-2-4-11(8)22(20,21)16-12-9(14)5-7(17(18)19)6-10(12)15/h1-6,16H. The summed E-state index contributed by atoms with van der Waals surface area (Å²) in [5.41, 5.74) is -1.86. The minimum Gasteiger partial charge on any atom is -0.274 e. The molecule has 10 heteroatoms. The molecule has 0 heterocycles. The molecule has 6 nitrogen and oxygen atoms in total. The minimum atomic E-state index is -4.35. The molecule has 0 saturated carbocycles. The Morgan fingerprint density at radius 1 is 1.14 bits per heavy atom. The first-order chi connectivity index (χ1) is 10.2. The maximum absolute atomic E-state index is 13.7. The Bertz CT molecular complexity index is 835. The third-order valence-corrected chi connectivity index (χ3v) is 4.45. The van der Waals surface area contributed by atoms with Crippen molar-refractivity contribution < 1.29 is 22.1 Å². The highest BCUT2D eigenvalue weighted by Gasteiger charge is 2.24. The Hall–Kier alpha value is -2.26. The number of nitrogens with one attached hydrogen (secondary N) is 1. The molecule has 0 spiro atoms. The Kier molecular flexibility index (Phi) is 4.29. The van der Waals surface area contributed by atoms with E-state index in [0.29, 0.717) is 12.1 Å². The highest BCUT2D eigenvalue weighted by atomic mass is 35.5. The molecule has 0 unspecified atom stereocenters. The predicted octanol–water partition coefficient (Wildman–Crippen LogP) is 3.33. The normalized spacial score (nSPS) is 11.2. The lowest BCUT2D eigenvalue weighted by Gasteiger charge is -2.10. The summed E-state index contributed by atoms with van der Waals surface area (Å²) < 4.78 is 53.3. The molecular formula is C12H7ClF2N2O4S. The molecule has 0 aliphatic heterocycles. The van der Waals surface area contributed by atoms with Crippen molar-refractivity contribution in [2.24, 2.45) is 0 Å². The summed E-state index contributed by atoms with van der Waals surface area (Å²) in [5.74, 6) is -2.83. The number of rotatable bonds is 4. The number of hydrogen-bond donors (Lipinski definition) is 1. The highest BCUT2D eigenvalue weighted by Crippen LogP contribution is 2.28. The molecule has 0 radical (unpaired) electrons. The van der Waals surface area contributed by atoms with Gasteiger partial charge in [0, 0.05) is 0 Å². The average molecular weight is 349 g/mol. The molecule has 0 saturated heterocycles. The second-order valence-electron chi connectivity index (χ2n) is 4.08. The van der Waals surface area contributed by atoms with E-state index in [0.717, 1.165) is 6.07 Å². The molecule has 2 aromatic rings. The van der Waals surface area contributed by atoms with Crippen LogP contribution in [0.15, 0.2) is 41.3 Å². The summed E-state index contributed by atoms with van der Waals surface area (Å²) >= 11 is 5.73. The lowest BCUT2D eigenvalue weighted by Crippen LogP contribution is -2.15. The maximum Gasteiger partial charge on any atom is 0.275 e. The van der Waals surface area contributed by atoms with Crippen molar-refractivity contribution >= 4 is 33.0 Å². The van der Waals surface area contributed by atoms with Gasteiger partial charge >= 0.3 is 0 Å². The van der Waals surface area contributed by atoms with Gasteiger partial charge in [-0.1, -0.05) is 23.7 Å².